The number of rotatable bonds is 2. The topological polar surface area (TPSA) is 83.5 Å². The summed E-state index contributed by atoms with van der Waals surface area (Å²) in [5, 5.41) is 0. The van der Waals surface area contributed by atoms with Crippen molar-refractivity contribution in [1.29, 1.82) is 0 Å². The Kier molecular flexibility index (Phi) is 2.64. The van der Waals surface area contributed by atoms with Crippen LogP contribution in [0.5, 0.6) is 0 Å². The summed E-state index contributed by atoms with van der Waals surface area (Å²) >= 11 is 0. The maximum absolute atomic E-state index is 11.0. The van der Waals surface area contributed by atoms with E-state index in [0.717, 1.165) is 0 Å². The van der Waals surface area contributed by atoms with Crippen molar-refractivity contribution in [1.82, 2.24) is 4.72 Å². The van der Waals surface area contributed by atoms with E-state index in [-0.39, 0.29) is 5.56 Å². The number of carbonyl (C=O) groups is 1. The molecule has 0 saturated carbocycles. The van der Waals surface area contributed by atoms with Crippen molar-refractivity contribution in [2.24, 2.45) is 0 Å². The van der Waals surface area contributed by atoms with Crippen LogP contribution in [0.15, 0.2) is 30.3 Å². The summed E-state index contributed by atoms with van der Waals surface area (Å²) in [5.74, 6) is -0.858. The van der Waals surface area contributed by atoms with Gasteiger partial charge < -0.3 is 0 Å². The Morgan fingerprint density at radius 2 is 1.77 bits per heavy atom. The van der Waals surface area contributed by atoms with E-state index < -0.39 is 16.2 Å². The SMILES string of the molecule is O=C(NS(=O)(=O)O)c1ccccc1. The highest BCUT2D eigenvalue weighted by Gasteiger charge is 2.11. The van der Waals surface area contributed by atoms with Gasteiger partial charge in [0.2, 0.25) is 0 Å². The normalized spacial score (nSPS) is 10.8. The Bertz CT molecular complexity index is 398. The molecule has 0 unspecified atom stereocenters. The van der Waals surface area contributed by atoms with Crippen molar-refractivity contribution in [2.75, 3.05) is 0 Å². The molecule has 2 N–H and O–H groups in total. The van der Waals surface area contributed by atoms with Crippen molar-refractivity contribution in [3.05, 3.63) is 35.9 Å². The first kappa shape index (κ1) is 9.69. The lowest BCUT2D eigenvalue weighted by atomic mass is 10.2. The summed E-state index contributed by atoms with van der Waals surface area (Å²) < 4.78 is 30.2. The molecular formula is C7H7NO4S. The van der Waals surface area contributed by atoms with E-state index in [1.54, 1.807) is 18.2 Å². The molecule has 1 amide bonds. The van der Waals surface area contributed by atoms with Gasteiger partial charge >= 0.3 is 10.3 Å². The highest BCUT2D eigenvalue weighted by Crippen LogP contribution is 1.97. The van der Waals surface area contributed by atoms with Crippen LogP contribution in [0.25, 0.3) is 0 Å². The van der Waals surface area contributed by atoms with Crippen molar-refractivity contribution < 1.29 is 17.8 Å². The Labute approximate surface area is 75.3 Å². The zero-order valence-electron chi connectivity index (χ0n) is 6.47. The molecule has 0 spiro atoms. The van der Waals surface area contributed by atoms with Gasteiger partial charge in [0.25, 0.3) is 5.91 Å². The second kappa shape index (κ2) is 3.55. The number of nitrogens with one attached hydrogen (secondary N) is 1. The van der Waals surface area contributed by atoms with Crippen LogP contribution in [-0.2, 0) is 10.3 Å². The van der Waals surface area contributed by atoms with Crippen molar-refractivity contribution in [2.45, 2.75) is 0 Å². The van der Waals surface area contributed by atoms with Crippen LogP contribution in [-0.4, -0.2) is 18.9 Å². The number of amides is 1. The summed E-state index contributed by atoms with van der Waals surface area (Å²) in [7, 11) is -4.47. The summed E-state index contributed by atoms with van der Waals surface area (Å²) in [6.45, 7) is 0. The van der Waals surface area contributed by atoms with Gasteiger partial charge in [-0.05, 0) is 12.1 Å². The van der Waals surface area contributed by atoms with Crippen LogP contribution in [0.3, 0.4) is 0 Å². The van der Waals surface area contributed by atoms with Crippen molar-refractivity contribution in [3.63, 3.8) is 0 Å². The van der Waals surface area contributed by atoms with E-state index >= 15 is 0 Å². The molecule has 13 heavy (non-hydrogen) atoms. The maximum Gasteiger partial charge on any atom is 0.359 e. The molecule has 0 aliphatic rings. The lowest BCUT2D eigenvalue weighted by molar-refractivity contribution is 0.0978. The molecule has 0 saturated heterocycles. The van der Waals surface area contributed by atoms with Crippen LogP contribution in [0.4, 0.5) is 0 Å². The van der Waals surface area contributed by atoms with Gasteiger partial charge in [-0.1, -0.05) is 18.2 Å². The van der Waals surface area contributed by atoms with Crippen LogP contribution < -0.4 is 4.72 Å². The molecule has 1 rings (SSSR count). The molecule has 0 aliphatic heterocycles. The average molecular weight is 201 g/mol. The lowest BCUT2D eigenvalue weighted by Gasteiger charge is -1.99. The van der Waals surface area contributed by atoms with Gasteiger partial charge in [-0.3, -0.25) is 9.35 Å². The fourth-order valence-corrected chi connectivity index (χ4v) is 1.12. The quantitative estimate of drug-likeness (QED) is 0.670. The van der Waals surface area contributed by atoms with Gasteiger partial charge in [-0.15, -0.1) is 0 Å². The first-order chi connectivity index (χ1) is 5.99. The Morgan fingerprint density at radius 3 is 2.23 bits per heavy atom. The summed E-state index contributed by atoms with van der Waals surface area (Å²) in [6, 6.07) is 7.71. The zero-order valence-corrected chi connectivity index (χ0v) is 7.28. The predicted octanol–water partition coefficient (Wildman–Crippen LogP) is 0.219. The largest absolute Gasteiger partial charge is 0.359 e. The lowest BCUT2D eigenvalue weighted by Crippen LogP contribution is -2.29. The minimum atomic E-state index is -4.47. The second-order valence-corrected chi connectivity index (χ2v) is 3.43. The molecule has 0 bridgehead atoms. The fourth-order valence-electron chi connectivity index (χ4n) is 0.766. The van der Waals surface area contributed by atoms with Crippen molar-refractivity contribution >= 4 is 16.2 Å². The fraction of sp³-hybridized carbons (Fsp3) is 0. The zero-order chi connectivity index (χ0) is 9.90. The van der Waals surface area contributed by atoms with Crippen molar-refractivity contribution in [3.8, 4) is 0 Å². The van der Waals surface area contributed by atoms with E-state index in [1.807, 2.05) is 0 Å². The maximum atomic E-state index is 11.0. The smallest absolute Gasteiger partial charge is 0.269 e. The summed E-state index contributed by atoms with van der Waals surface area (Å²) in [5.41, 5.74) is 0.167. The van der Waals surface area contributed by atoms with E-state index in [4.69, 9.17) is 4.55 Å². The first-order valence-electron chi connectivity index (χ1n) is 3.33. The molecule has 1 aromatic carbocycles. The minimum absolute atomic E-state index is 0.167. The average Bonchev–Trinajstić information content (AvgIpc) is 2.03. The Morgan fingerprint density at radius 1 is 1.23 bits per heavy atom. The molecule has 0 fully saturated rings. The van der Waals surface area contributed by atoms with E-state index in [0.29, 0.717) is 0 Å². The third-order valence-electron chi connectivity index (χ3n) is 1.26. The van der Waals surface area contributed by atoms with Gasteiger partial charge in [0.05, 0.1) is 0 Å². The highest BCUT2D eigenvalue weighted by atomic mass is 32.2. The number of benzene rings is 1. The first-order valence-corrected chi connectivity index (χ1v) is 4.77. The van der Waals surface area contributed by atoms with E-state index in [9.17, 15) is 13.2 Å². The van der Waals surface area contributed by atoms with Gasteiger partial charge in [0.15, 0.2) is 0 Å². The van der Waals surface area contributed by atoms with Crippen LogP contribution >= 0.6 is 0 Å². The predicted molar refractivity (Wildman–Crippen MR) is 45.5 cm³/mol. The molecule has 5 nitrogen and oxygen atoms in total. The third kappa shape index (κ3) is 3.22. The second-order valence-electron chi connectivity index (χ2n) is 2.27. The molecule has 0 aliphatic carbocycles. The third-order valence-corrected chi connectivity index (χ3v) is 1.70. The van der Waals surface area contributed by atoms with Gasteiger partial charge in [-0.2, -0.15) is 8.42 Å². The minimum Gasteiger partial charge on any atom is -0.269 e. The van der Waals surface area contributed by atoms with Crippen LogP contribution in [0, 0.1) is 0 Å². The van der Waals surface area contributed by atoms with E-state index in [2.05, 4.69) is 0 Å². The van der Waals surface area contributed by atoms with Crippen LogP contribution in [0.2, 0.25) is 0 Å². The molecule has 1 aromatic rings. The number of carbonyl (C=O) groups excluding carboxylic acids is 1. The Balaban J connectivity index is 2.82. The monoisotopic (exact) mass is 201 g/mol. The van der Waals surface area contributed by atoms with Gasteiger partial charge in [0.1, 0.15) is 0 Å². The number of hydrogen-bond donors (Lipinski definition) is 2. The summed E-state index contributed by atoms with van der Waals surface area (Å²) in [6.07, 6.45) is 0. The number of hydrogen-bond acceptors (Lipinski definition) is 3. The summed E-state index contributed by atoms with van der Waals surface area (Å²) in [4.78, 5) is 11.0. The molecular weight excluding hydrogens is 194 g/mol. The molecule has 0 aromatic heterocycles. The molecule has 0 atom stereocenters. The van der Waals surface area contributed by atoms with Crippen LogP contribution in [0.1, 0.15) is 10.4 Å². The van der Waals surface area contributed by atoms with E-state index in [1.165, 1.54) is 16.9 Å². The molecule has 0 heterocycles. The molecule has 0 radical (unpaired) electrons. The molecule has 6 heteroatoms. The molecule has 70 valence electrons. The van der Waals surface area contributed by atoms with Gasteiger partial charge in [-0.25, -0.2) is 4.72 Å². The van der Waals surface area contributed by atoms with Gasteiger partial charge in [0, 0.05) is 5.56 Å². The Hall–Kier alpha value is -1.40. The highest BCUT2D eigenvalue weighted by molar-refractivity contribution is 7.84. The standard InChI is InChI=1S/C7H7NO4S/c9-7(8-13(10,11)12)6-4-2-1-3-5-6/h1-5H,(H,8,9)(H,10,11,12).